The van der Waals surface area contributed by atoms with Gasteiger partial charge in [0.2, 0.25) is 0 Å². The Morgan fingerprint density at radius 1 is 1.05 bits per heavy atom. The van der Waals surface area contributed by atoms with Gasteiger partial charge in [0.15, 0.2) is 5.78 Å². The van der Waals surface area contributed by atoms with Crippen molar-refractivity contribution in [1.29, 1.82) is 0 Å². The predicted octanol–water partition coefficient (Wildman–Crippen LogP) is 4.31. The first-order chi connectivity index (χ1) is 9.02. The highest BCUT2D eigenvalue weighted by atomic mass is 79.9. The molecule has 19 heavy (non-hydrogen) atoms. The van der Waals surface area contributed by atoms with Crippen LogP contribution in [0.5, 0.6) is 5.75 Å². The number of rotatable bonds is 3. The summed E-state index contributed by atoms with van der Waals surface area (Å²) in [5.41, 5.74) is 3.35. The Morgan fingerprint density at radius 2 is 1.79 bits per heavy atom. The van der Waals surface area contributed by atoms with Gasteiger partial charge in [-0.05, 0) is 43.7 Å². The van der Waals surface area contributed by atoms with Gasteiger partial charge in [-0.15, -0.1) is 0 Å². The number of carbonyl (C=O) groups is 1. The number of ether oxygens (including phenoxy) is 1. The number of aryl methyl sites for hydroxylation is 2. The molecule has 0 saturated heterocycles. The summed E-state index contributed by atoms with van der Waals surface area (Å²) in [6.45, 7) is 3.92. The van der Waals surface area contributed by atoms with E-state index in [0.29, 0.717) is 11.3 Å². The van der Waals surface area contributed by atoms with Gasteiger partial charge in [-0.25, -0.2) is 0 Å². The van der Waals surface area contributed by atoms with Crippen molar-refractivity contribution in [2.45, 2.75) is 13.8 Å². The Labute approximate surface area is 121 Å². The van der Waals surface area contributed by atoms with E-state index in [1.165, 1.54) is 0 Å². The lowest BCUT2D eigenvalue weighted by atomic mass is 9.97. The minimum absolute atomic E-state index is 0.00875. The second-order valence-electron chi connectivity index (χ2n) is 4.49. The third kappa shape index (κ3) is 2.87. The highest BCUT2D eigenvalue weighted by Crippen LogP contribution is 2.27. The molecule has 0 aliphatic rings. The largest absolute Gasteiger partial charge is 0.496 e. The van der Waals surface area contributed by atoms with Gasteiger partial charge in [0.25, 0.3) is 0 Å². The number of ketones is 1. The predicted molar refractivity (Wildman–Crippen MR) is 80.0 cm³/mol. The summed E-state index contributed by atoms with van der Waals surface area (Å²) in [6.07, 6.45) is 0. The standard InChI is InChI=1S/C16H15BrO2/c1-10-4-5-11(2)14(8-10)16(18)13-7-6-12(17)9-15(13)19-3/h4-9H,1-3H3. The normalized spacial score (nSPS) is 10.3. The van der Waals surface area contributed by atoms with Gasteiger partial charge in [0, 0.05) is 10.0 Å². The molecule has 0 heterocycles. The van der Waals surface area contributed by atoms with Gasteiger partial charge in [-0.1, -0.05) is 33.6 Å². The Morgan fingerprint density at radius 3 is 2.47 bits per heavy atom. The average Bonchev–Trinajstić information content (AvgIpc) is 2.40. The first kappa shape index (κ1) is 13.8. The van der Waals surface area contributed by atoms with Crippen LogP contribution in [0.4, 0.5) is 0 Å². The molecule has 0 spiro atoms. The fourth-order valence-electron chi connectivity index (χ4n) is 1.98. The van der Waals surface area contributed by atoms with E-state index in [9.17, 15) is 4.79 Å². The Bertz CT molecular complexity index is 633. The molecule has 2 nitrogen and oxygen atoms in total. The molecule has 0 saturated carbocycles. The topological polar surface area (TPSA) is 26.3 Å². The van der Waals surface area contributed by atoms with Crippen LogP contribution in [0, 0.1) is 13.8 Å². The molecule has 0 N–H and O–H groups in total. The van der Waals surface area contributed by atoms with Crippen LogP contribution in [-0.4, -0.2) is 12.9 Å². The minimum atomic E-state index is -0.00875. The van der Waals surface area contributed by atoms with E-state index in [1.54, 1.807) is 19.2 Å². The van der Waals surface area contributed by atoms with Gasteiger partial charge in [0.05, 0.1) is 12.7 Å². The Balaban J connectivity index is 2.53. The van der Waals surface area contributed by atoms with Crippen molar-refractivity contribution in [3.8, 4) is 5.75 Å². The van der Waals surface area contributed by atoms with Crippen LogP contribution in [0.15, 0.2) is 40.9 Å². The third-order valence-electron chi connectivity index (χ3n) is 3.05. The van der Waals surface area contributed by atoms with Gasteiger partial charge in [-0.3, -0.25) is 4.79 Å². The van der Waals surface area contributed by atoms with Crippen LogP contribution in [0.2, 0.25) is 0 Å². The number of hydrogen-bond acceptors (Lipinski definition) is 2. The molecule has 0 aliphatic carbocycles. The van der Waals surface area contributed by atoms with Gasteiger partial charge in [0.1, 0.15) is 5.75 Å². The Kier molecular flexibility index (Phi) is 4.05. The molecule has 2 rings (SSSR count). The molecule has 2 aromatic rings. The highest BCUT2D eigenvalue weighted by Gasteiger charge is 2.16. The van der Waals surface area contributed by atoms with Crippen molar-refractivity contribution < 1.29 is 9.53 Å². The number of carbonyl (C=O) groups excluding carboxylic acids is 1. The zero-order chi connectivity index (χ0) is 14.0. The fraction of sp³-hybridized carbons (Fsp3) is 0.188. The number of hydrogen-bond donors (Lipinski definition) is 0. The maximum absolute atomic E-state index is 12.6. The van der Waals surface area contributed by atoms with Crippen molar-refractivity contribution in [3.05, 3.63) is 63.1 Å². The van der Waals surface area contributed by atoms with Crippen molar-refractivity contribution in [3.63, 3.8) is 0 Å². The van der Waals surface area contributed by atoms with E-state index in [0.717, 1.165) is 21.2 Å². The quantitative estimate of drug-likeness (QED) is 0.788. The molecule has 0 atom stereocenters. The SMILES string of the molecule is COc1cc(Br)ccc1C(=O)c1cc(C)ccc1C. The molecule has 2 aromatic carbocycles. The lowest BCUT2D eigenvalue weighted by Gasteiger charge is -2.10. The molecule has 0 bridgehead atoms. The second kappa shape index (κ2) is 5.57. The minimum Gasteiger partial charge on any atom is -0.496 e. The summed E-state index contributed by atoms with van der Waals surface area (Å²) in [5.74, 6) is 0.575. The molecule has 98 valence electrons. The van der Waals surface area contributed by atoms with Gasteiger partial charge in [-0.2, -0.15) is 0 Å². The first-order valence-corrected chi connectivity index (χ1v) is 6.77. The van der Waals surface area contributed by atoms with Crippen LogP contribution in [0.3, 0.4) is 0 Å². The monoisotopic (exact) mass is 318 g/mol. The maximum atomic E-state index is 12.6. The molecule has 3 heteroatoms. The molecule has 0 amide bonds. The van der Waals surface area contributed by atoms with Gasteiger partial charge >= 0.3 is 0 Å². The maximum Gasteiger partial charge on any atom is 0.197 e. The summed E-state index contributed by atoms with van der Waals surface area (Å²) in [4.78, 5) is 12.6. The van der Waals surface area contributed by atoms with Crippen molar-refractivity contribution in [1.82, 2.24) is 0 Å². The van der Waals surface area contributed by atoms with Crippen LogP contribution < -0.4 is 4.74 Å². The van der Waals surface area contributed by atoms with Crippen LogP contribution >= 0.6 is 15.9 Å². The smallest absolute Gasteiger partial charge is 0.197 e. The summed E-state index contributed by atoms with van der Waals surface area (Å²) < 4.78 is 6.18. The van der Waals surface area contributed by atoms with Crippen molar-refractivity contribution in [2.24, 2.45) is 0 Å². The van der Waals surface area contributed by atoms with E-state index in [-0.39, 0.29) is 5.78 Å². The zero-order valence-electron chi connectivity index (χ0n) is 11.2. The molecular formula is C16H15BrO2. The molecule has 0 aliphatic heterocycles. The molecule has 0 radical (unpaired) electrons. The lowest BCUT2D eigenvalue weighted by Crippen LogP contribution is -2.06. The average molecular weight is 319 g/mol. The highest BCUT2D eigenvalue weighted by molar-refractivity contribution is 9.10. The van der Waals surface area contributed by atoms with Crippen LogP contribution in [0.1, 0.15) is 27.0 Å². The number of halogens is 1. The molecule has 0 fully saturated rings. The third-order valence-corrected chi connectivity index (χ3v) is 3.54. The van der Waals surface area contributed by atoms with Crippen molar-refractivity contribution in [2.75, 3.05) is 7.11 Å². The second-order valence-corrected chi connectivity index (χ2v) is 5.41. The lowest BCUT2D eigenvalue weighted by molar-refractivity contribution is 0.103. The Hall–Kier alpha value is -1.61. The number of benzene rings is 2. The summed E-state index contributed by atoms with van der Waals surface area (Å²) in [7, 11) is 1.57. The molecular weight excluding hydrogens is 304 g/mol. The van der Waals surface area contributed by atoms with Gasteiger partial charge < -0.3 is 4.74 Å². The molecule has 0 unspecified atom stereocenters. The summed E-state index contributed by atoms with van der Waals surface area (Å²) >= 11 is 3.38. The fourth-order valence-corrected chi connectivity index (χ4v) is 2.32. The van der Waals surface area contributed by atoms with E-state index in [4.69, 9.17) is 4.74 Å². The van der Waals surface area contributed by atoms with E-state index in [2.05, 4.69) is 15.9 Å². The van der Waals surface area contributed by atoms with Crippen LogP contribution in [-0.2, 0) is 0 Å². The van der Waals surface area contributed by atoms with E-state index in [1.807, 2.05) is 38.1 Å². The first-order valence-electron chi connectivity index (χ1n) is 5.98. The number of methoxy groups -OCH3 is 1. The van der Waals surface area contributed by atoms with E-state index < -0.39 is 0 Å². The van der Waals surface area contributed by atoms with E-state index >= 15 is 0 Å². The van der Waals surface area contributed by atoms with Crippen LogP contribution in [0.25, 0.3) is 0 Å². The molecule has 0 aromatic heterocycles. The zero-order valence-corrected chi connectivity index (χ0v) is 12.7. The van der Waals surface area contributed by atoms with Crippen molar-refractivity contribution >= 4 is 21.7 Å². The summed E-state index contributed by atoms with van der Waals surface area (Å²) in [6, 6.07) is 11.3. The summed E-state index contributed by atoms with van der Waals surface area (Å²) in [5, 5.41) is 0.